The van der Waals surface area contributed by atoms with Gasteiger partial charge in [0.25, 0.3) is 0 Å². The fourth-order valence-corrected chi connectivity index (χ4v) is 0.435. The van der Waals surface area contributed by atoms with Crippen LogP contribution in [0.15, 0.2) is 0 Å². The molecule has 3 nitrogen and oxygen atoms in total. The highest BCUT2D eigenvalue weighted by molar-refractivity contribution is 5.73. The van der Waals surface area contributed by atoms with E-state index in [2.05, 4.69) is 4.74 Å². The Labute approximate surface area is 73.3 Å². The first-order valence-corrected chi connectivity index (χ1v) is 3.04. The first kappa shape index (κ1) is 13.0. The molecule has 0 spiro atoms. The fourth-order valence-electron chi connectivity index (χ4n) is 0.435. The van der Waals surface area contributed by atoms with Gasteiger partial charge in [0, 0.05) is 0 Å². The Morgan fingerprint density at radius 1 is 1.29 bits per heavy atom. The molecule has 0 aliphatic carbocycles. The van der Waals surface area contributed by atoms with Gasteiger partial charge in [-0.15, -0.1) is 0 Å². The summed E-state index contributed by atoms with van der Waals surface area (Å²) in [6.45, 7) is 0. The summed E-state index contributed by atoms with van der Waals surface area (Å²) in [5.74, 6) is -2.86. The number of rotatable bonds is 4. The molecule has 0 rings (SSSR count). The van der Waals surface area contributed by atoms with Gasteiger partial charge < -0.3 is 5.11 Å². The summed E-state index contributed by atoms with van der Waals surface area (Å²) in [6, 6.07) is 0. The van der Waals surface area contributed by atoms with Crippen LogP contribution in [0.25, 0.3) is 0 Å². The van der Waals surface area contributed by atoms with E-state index in [0.717, 1.165) is 0 Å². The minimum absolute atomic E-state index is 2.30. The number of hydrogen-bond donors (Lipinski definition) is 1. The quantitative estimate of drug-likeness (QED) is 0.745. The molecular weight excluding hydrogens is 222 g/mol. The standard InChI is InChI=1S/C5H4F6O3/c6-2(1-4(7,8)9)14-5(10,11)3(12)13/h2H,1H2,(H,12,13). The minimum Gasteiger partial charge on any atom is -0.475 e. The van der Waals surface area contributed by atoms with Gasteiger partial charge in [-0.25, -0.2) is 9.18 Å². The molecule has 0 fully saturated rings. The van der Waals surface area contributed by atoms with Gasteiger partial charge in [0.2, 0.25) is 6.36 Å². The number of halogens is 6. The van der Waals surface area contributed by atoms with Gasteiger partial charge in [0.15, 0.2) is 0 Å². The molecule has 1 unspecified atom stereocenters. The van der Waals surface area contributed by atoms with Crippen molar-refractivity contribution < 1.29 is 41.0 Å². The average molecular weight is 226 g/mol. The second-order valence-corrected chi connectivity index (χ2v) is 2.17. The Bertz CT molecular complexity index is 212. The third kappa shape index (κ3) is 4.90. The number of aliphatic carboxylic acids is 1. The van der Waals surface area contributed by atoms with Crippen LogP contribution in [-0.2, 0) is 9.53 Å². The monoisotopic (exact) mass is 226 g/mol. The summed E-state index contributed by atoms with van der Waals surface area (Å²) in [6.07, 6.45) is -15.7. The smallest absolute Gasteiger partial charge is 0.458 e. The van der Waals surface area contributed by atoms with Crippen LogP contribution in [0, 0.1) is 0 Å². The van der Waals surface area contributed by atoms with E-state index in [1.54, 1.807) is 0 Å². The van der Waals surface area contributed by atoms with Crippen LogP contribution in [0.4, 0.5) is 26.3 Å². The number of carbonyl (C=O) groups is 1. The van der Waals surface area contributed by atoms with Crippen LogP contribution >= 0.6 is 0 Å². The summed E-state index contributed by atoms with van der Waals surface area (Å²) in [4.78, 5) is 9.60. The second-order valence-electron chi connectivity index (χ2n) is 2.17. The zero-order valence-corrected chi connectivity index (χ0v) is 6.32. The maximum atomic E-state index is 12.1. The third-order valence-corrected chi connectivity index (χ3v) is 0.917. The van der Waals surface area contributed by atoms with Gasteiger partial charge in [-0.05, 0) is 0 Å². The lowest BCUT2D eigenvalue weighted by molar-refractivity contribution is -0.297. The largest absolute Gasteiger partial charge is 0.475 e. The summed E-state index contributed by atoms with van der Waals surface area (Å²) < 4.78 is 72.8. The number of ether oxygens (including phenoxy) is 1. The van der Waals surface area contributed by atoms with Crippen LogP contribution in [0.3, 0.4) is 0 Å². The summed E-state index contributed by atoms with van der Waals surface area (Å²) in [5.41, 5.74) is 0. The summed E-state index contributed by atoms with van der Waals surface area (Å²) in [7, 11) is 0. The van der Waals surface area contributed by atoms with Crippen molar-refractivity contribution >= 4 is 5.97 Å². The maximum absolute atomic E-state index is 12.1. The lowest BCUT2D eigenvalue weighted by Gasteiger charge is -2.16. The van der Waals surface area contributed by atoms with Gasteiger partial charge in [-0.1, -0.05) is 0 Å². The molecule has 0 bridgehead atoms. The van der Waals surface area contributed by atoms with Crippen molar-refractivity contribution in [3.8, 4) is 0 Å². The molecule has 0 radical (unpaired) electrons. The van der Waals surface area contributed by atoms with E-state index in [9.17, 15) is 31.1 Å². The topological polar surface area (TPSA) is 46.5 Å². The minimum atomic E-state index is -5.05. The Morgan fingerprint density at radius 2 is 1.71 bits per heavy atom. The highest BCUT2D eigenvalue weighted by atomic mass is 19.4. The number of alkyl halides is 6. The molecule has 9 heteroatoms. The maximum Gasteiger partial charge on any atom is 0.458 e. The molecule has 0 aromatic heterocycles. The van der Waals surface area contributed by atoms with Crippen molar-refractivity contribution in [2.24, 2.45) is 0 Å². The lowest BCUT2D eigenvalue weighted by Crippen LogP contribution is -2.36. The zero-order valence-electron chi connectivity index (χ0n) is 6.32. The molecule has 0 aliphatic rings. The summed E-state index contributed by atoms with van der Waals surface area (Å²) >= 11 is 0. The Balaban J connectivity index is 4.19. The molecule has 0 saturated heterocycles. The van der Waals surface area contributed by atoms with Crippen molar-refractivity contribution in [3.05, 3.63) is 0 Å². The molecule has 1 N–H and O–H groups in total. The Kier molecular flexibility index (Phi) is 3.74. The van der Waals surface area contributed by atoms with E-state index in [1.807, 2.05) is 0 Å². The lowest BCUT2D eigenvalue weighted by atomic mass is 10.4. The highest BCUT2D eigenvalue weighted by Gasteiger charge is 2.45. The van der Waals surface area contributed by atoms with Crippen molar-refractivity contribution in [2.45, 2.75) is 25.1 Å². The predicted octanol–water partition coefficient (Wildman–Crippen LogP) is 1.93. The molecular formula is C5H4F6O3. The van der Waals surface area contributed by atoms with E-state index < -0.39 is 31.0 Å². The zero-order chi connectivity index (χ0) is 11.6. The number of carboxylic acid groups (broad SMARTS) is 1. The molecule has 0 aromatic rings. The molecule has 84 valence electrons. The van der Waals surface area contributed by atoms with Gasteiger partial charge in [-0.2, -0.15) is 22.0 Å². The van der Waals surface area contributed by atoms with E-state index in [1.165, 1.54) is 0 Å². The summed E-state index contributed by atoms with van der Waals surface area (Å²) in [5, 5.41) is 7.67. The average Bonchev–Trinajstić information content (AvgIpc) is 1.79. The van der Waals surface area contributed by atoms with Crippen LogP contribution in [0.2, 0.25) is 0 Å². The third-order valence-electron chi connectivity index (χ3n) is 0.917. The van der Waals surface area contributed by atoms with Crippen molar-refractivity contribution in [1.82, 2.24) is 0 Å². The molecule has 0 heterocycles. The molecule has 0 saturated carbocycles. The van der Waals surface area contributed by atoms with E-state index >= 15 is 0 Å². The fraction of sp³-hybridized carbons (Fsp3) is 0.800. The van der Waals surface area contributed by atoms with E-state index in [4.69, 9.17) is 5.11 Å². The Morgan fingerprint density at radius 3 is 2.00 bits per heavy atom. The normalized spacial score (nSPS) is 15.3. The molecule has 0 amide bonds. The molecule has 1 atom stereocenters. The van der Waals surface area contributed by atoms with Crippen LogP contribution in [0.5, 0.6) is 0 Å². The van der Waals surface area contributed by atoms with Crippen molar-refractivity contribution in [2.75, 3.05) is 0 Å². The molecule has 0 aliphatic heterocycles. The van der Waals surface area contributed by atoms with Crippen LogP contribution in [0.1, 0.15) is 6.42 Å². The molecule has 14 heavy (non-hydrogen) atoms. The van der Waals surface area contributed by atoms with Crippen LogP contribution < -0.4 is 0 Å². The van der Waals surface area contributed by atoms with E-state index in [-0.39, 0.29) is 0 Å². The number of carboxylic acids is 1. The predicted molar refractivity (Wildman–Crippen MR) is 29.2 cm³/mol. The SMILES string of the molecule is O=C(O)C(F)(F)OC(F)CC(F)(F)F. The van der Waals surface area contributed by atoms with Crippen molar-refractivity contribution in [3.63, 3.8) is 0 Å². The highest BCUT2D eigenvalue weighted by Crippen LogP contribution is 2.27. The number of hydrogen-bond acceptors (Lipinski definition) is 2. The van der Waals surface area contributed by atoms with Gasteiger partial charge in [-0.3, -0.25) is 4.74 Å². The van der Waals surface area contributed by atoms with Crippen molar-refractivity contribution in [1.29, 1.82) is 0 Å². The van der Waals surface area contributed by atoms with Gasteiger partial charge in [0.1, 0.15) is 0 Å². The van der Waals surface area contributed by atoms with Crippen LogP contribution in [-0.4, -0.2) is 29.7 Å². The first-order chi connectivity index (χ1) is 6.04. The first-order valence-electron chi connectivity index (χ1n) is 3.04. The second kappa shape index (κ2) is 4.03. The van der Waals surface area contributed by atoms with Gasteiger partial charge in [0.05, 0.1) is 6.42 Å². The van der Waals surface area contributed by atoms with Gasteiger partial charge >= 0.3 is 18.3 Å². The molecule has 0 aromatic carbocycles. The van der Waals surface area contributed by atoms with E-state index in [0.29, 0.717) is 0 Å². The Hall–Kier alpha value is -0.990.